The zero-order valence-corrected chi connectivity index (χ0v) is 11.1. The highest BCUT2D eigenvalue weighted by atomic mass is 79.9. The standard InChI is InChI=1S/C10H12BrClOS/c1-10(4-2-5-13-10)9(11)8-7(12)3-6-14-8/h3,6,9H,2,4-5H2,1H3. The van der Waals surface area contributed by atoms with E-state index in [1.807, 2.05) is 11.4 Å². The number of alkyl halides is 1. The van der Waals surface area contributed by atoms with E-state index in [1.54, 1.807) is 11.3 Å². The van der Waals surface area contributed by atoms with E-state index in [4.69, 9.17) is 16.3 Å². The molecule has 14 heavy (non-hydrogen) atoms. The number of ether oxygens (including phenoxy) is 1. The van der Waals surface area contributed by atoms with Crippen molar-refractivity contribution in [2.75, 3.05) is 6.61 Å². The van der Waals surface area contributed by atoms with E-state index in [0.29, 0.717) is 0 Å². The van der Waals surface area contributed by atoms with Crippen LogP contribution in [-0.2, 0) is 4.74 Å². The summed E-state index contributed by atoms with van der Waals surface area (Å²) in [5.74, 6) is 0. The third-order valence-electron chi connectivity index (χ3n) is 2.66. The van der Waals surface area contributed by atoms with Crippen LogP contribution in [0.2, 0.25) is 5.02 Å². The highest BCUT2D eigenvalue weighted by molar-refractivity contribution is 9.09. The number of halogens is 2. The van der Waals surface area contributed by atoms with E-state index in [2.05, 4.69) is 22.9 Å². The summed E-state index contributed by atoms with van der Waals surface area (Å²) >= 11 is 11.5. The second kappa shape index (κ2) is 4.12. The van der Waals surface area contributed by atoms with Crippen LogP contribution < -0.4 is 0 Å². The van der Waals surface area contributed by atoms with Crippen molar-refractivity contribution in [2.24, 2.45) is 0 Å². The average molecular weight is 296 g/mol. The molecule has 1 aliphatic heterocycles. The van der Waals surface area contributed by atoms with E-state index >= 15 is 0 Å². The summed E-state index contributed by atoms with van der Waals surface area (Å²) in [6, 6.07) is 1.94. The van der Waals surface area contributed by atoms with Gasteiger partial charge in [0, 0.05) is 11.5 Å². The van der Waals surface area contributed by atoms with Crippen molar-refractivity contribution in [3.63, 3.8) is 0 Å². The van der Waals surface area contributed by atoms with E-state index in [1.165, 1.54) is 4.88 Å². The van der Waals surface area contributed by atoms with Crippen molar-refractivity contribution in [3.05, 3.63) is 21.3 Å². The zero-order chi connectivity index (χ0) is 10.2. The molecule has 0 N–H and O–H groups in total. The van der Waals surface area contributed by atoms with Gasteiger partial charge in [-0.3, -0.25) is 0 Å². The van der Waals surface area contributed by atoms with Gasteiger partial charge in [-0.2, -0.15) is 0 Å². The zero-order valence-electron chi connectivity index (χ0n) is 7.93. The third kappa shape index (κ3) is 1.87. The number of rotatable bonds is 2. The molecule has 2 rings (SSSR count). The van der Waals surface area contributed by atoms with E-state index in [9.17, 15) is 0 Å². The lowest BCUT2D eigenvalue weighted by Crippen LogP contribution is -2.28. The SMILES string of the molecule is CC1(C(Br)c2sccc2Cl)CCCO1. The molecule has 0 aromatic carbocycles. The molecule has 78 valence electrons. The lowest BCUT2D eigenvalue weighted by Gasteiger charge is -2.28. The highest BCUT2D eigenvalue weighted by Gasteiger charge is 2.39. The van der Waals surface area contributed by atoms with Crippen molar-refractivity contribution in [1.82, 2.24) is 0 Å². The molecular weight excluding hydrogens is 284 g/mol. The van der Waals surface area contributed by atoms with Gasteiger partial charge in [-0.25, -0.2) is 0 Å². The first-order valence-electron chi connectivity index (χ1n) is 4.64. The van der Waals surface area contributed by atoms with Gasteiger partial charge in [0.2, 0.25) is 0 Å². The summed E-state index contributed by atoms with van der Waals surface area (Å²) in [6.07, 6.45) is 2.23. The van der Waals surface area contributed by atoms with Crippen LogP contribution in [0.15, 0.2) is 11.4 Å². The Morgan fingerprint density at radius 1 is 1.71 bits per heavy atom. The van der Waals surface area contributed by atoms with Crippen molar-refractivity contribution in [3.8, 4) is 0 Å². The Labute approximate surface area is 102 Å². The predicted octanol–water partition coefficient (Wildman–Crippen LogP) is 4.41. The fraction of sp³-hybridized carbons (Fsp3) is 0.600. The van der Waals surface area contributed by atoms with Crippen LogP contribution in [0, 0.1) is 0 Å². The molecule has 0 spiro atoms. The monoisotopic (exact) mass is 294 g/mol. The van der Waals surface area contributed by atoms with Gasteiger partial charge in [-0.15, -0.1) is 11.3 Å². The minimum absolute atomic E-state index is 0.0888. The maximum absolute atomic E-state index is 6.10. The Bertz CT molecular complexity index is 320. The molecule has 2 unspecified atom stereocenters. The van der Waals surface area contributed by atoms with Crippen LogP contribution in [-0.4, -0.2) is 12.2 Å². The molecule has 0 amide bonds. The summed E-state index contributed by atoms with van der Waals surface area (Å²) in [5, 5.41) is 2.86. The van der Waals surface area contributed by atoms with Crippen molar-refractivity contribution < 1.29 is 4.74 Å². The molecule has 0 aliphatic carbocycles. The molecule has 1 aromatic rings. The summed E-state index contributed by atoms with van der Waals surface area (Å²) in [4.78, 5) is 1.39. The first-order valence-corrected chi connectivity index (χ1v) is 6.82. The normalized spacial score (nSPS) is 29.4. The molecule has 4 heteroatoms. The summed E-state index contributed by atoms with van der Waals surface area (Å²) in [5.41, 5.74) is -0.0888. The van der Waals surface area contributed by atoms with Crippen LogP contribution in [0.25, 0.3) is 0 Å². The summed E-state index contributed by atoms with van der Waals surface area (Å²) in [7, 11) is 0. The Kier molecular flexibility index (Phi) is 3.22. The molecule has 2 atom stereocenters. The smallest absolute Gasteiger partial charge is 0.0829 e. The average Bonchev–Trinajstić information content (AvgIpc) is 2.74. The van der Waals surface area contributed by atoms with Gasteiger partial charge in [0.25, 0.3) is 0 Å². The van der Waals surface area contributed by atoms with Gasteiger partial charge in [0.15, 0.2) is 0 Å². The van der Waals surface area contributed by atoms with Gasteiger partial charge >= 0.3 is 0 Å². The molecule has 1 nitrogen and oxygen atoms in total. The van der Waals surface area contributed by atoms with Crippen molar-refractivity contribution >= 4 is 38.9 Å². The molecule has 2 heterocycles. The lowest BCUT2D eigenvalue weighted by molar-refractivity contribution is 0.0204. The topological polar surface area (TPSA) is 9.23 Å². The largest absolute Gasteiger partial charge is 0.374 e. The predicted molar refractivity (Wildman–Crippen MR) is 64.6 cm³/mol. The number of hydrogen-bond donors (Lipinski definition) is 0. The molecular formula is C10H12BrClOS. The molecule has 0 saturated carbocycles. The Balaban J connectivity index is 2.23. The molecule has 1 fully saturated rings. The summed E-state index contributed by atoms with van der Waals surface area (Å²) in [6.45, 7) is 3.01. The minimum Gasteiger partial charge on any atom is -0.374 e. The van der Waals surface area contributed by atoms with Crippen molar-refractivity contribution in [1.29, 1.82) is 0 Å². The van der Waals surface area contributed by atoms with Gasteiger partial charge in [-0.05, 0) is 31.2 Å². The van der Waals surface area contributed by atoms with Gasteiger partial charge in [-0.1, -0.05) is 27.5 Å². The quantitative estimate of drug-likeness (QED) is 0.735. The Morgan fingerprint density at radius 2 is 2.50 bits per heavy atom. The van der Waals surface area contributed by atoms with Gasteiger partial charge in [0.1, 0.15) is 0 Å². The summed E-state index contributed by atoms with van der Waals surface area (Å²) < 4.78 is 5.78. The molecule has 0 bridgehead atoms. The van der Waals surface area contributed by atoms with Gasteiger partial charge in [0.05, 0.1) is 15.5 Å². The maximum Gasteiger partial charge on any atom is 0.0829 e. The van der Waals surface area contributed by atoms with E-state index in [0.717, 1.165) is 24.5 Å². The van der Waals surface area contributed by atoms with Crippen LogP contribution in [0.5, 0.6) is 0 Å². The third-order valence-corrected chi connectivity index (χ3v) is 5.81. The van der Waals surface area contributed by atoms with Crippen LogP contribution in [0.4, 0.5) is 0 Å². The second-order valence-electron chi connectivity index (χ2n) is 3.76. The second-order valence-corrected chi connectivity index (χ2v) is 6.03. The first kappa shape index (κ1) is 10.9. The lowest BCUT2D eigenvalue weighted by atomic mass is 9.97. The fourth-order valence-electron chi connectivity index (χ4n) is 1.76. The van der Waals surface area contributed by atoms with Gasteiger partial charge < -0.3 is 4.74 Å². The first-order chi connectivity index (χ1) is 6.63. The van der Waals surface area contributed by atoms with Crippen LogP contribution in [0.3, 0.4) is 0 Å². The molecule has 1 aromatic heterocycles. The Hall–Kier alpha value is 0.430. The van der Waals surface area contributed by atoms with E-state index in [-0.39, 0.29) is 10.4 Å². The van der Waals surface area contributed by atoms with Crippen LogP contribution >= 0.6 is 38.9 Å². The van der Waals surface area contributed by atoms with E-state index < -0.39 is 0 Å². The molecule has 0 radical (unpaired) electrons. The van der Waals surface area contributed by atoms with Crippen LogP contribution in [0.1, 0.15) is 29.5 Å². The molecule has 1 aliphatic rings. The number of thiophene rings is 1. The Morgan fingerprint density at radius 3 is 3.00 bits per heavy atom. The minimum atomic E-state index is -0.0888. The maximum atomic E-state index is 6.10. The highest BCUT2D eigenvalue weighted by Crippen LogP contribution is 2.46. The molecule has 1 saturated heterocycles. The number of hydrogen-bond acceptors (Lipinski definition) is 2. The fourth-order valence-corrected chi connectivity index (χ4v) is 4.11. The van der Waals surface area contributed by atoms with Crippen molar-refractivity contribution in [2.45, 2.75) is 30.2 Å².